The van der Waals surface area contributed by atoms with E-state index in [-0.39, 0.29) is 17.0 Å². The van der Waals surface area contributed by atoms with E-state index in [0.29, 0.717) is 0 Å². The van der Waals surface area contributed by atoms with E-state index in [1.807, 2.05) is 0 Å². The molecule has 0 aliphatic rings. The van der Waals surface area contributed by atoms with Gasteiger partial charge in [0, 0.05) is 17.7 Å². The number of ether oxygens (including phenoxy) is 1. The Kier molecular flexibility index (Phi) is 5.41. The molecule has 0 radical (unpaired) electrons. The van der Waals surface area contributed by atoms with Gasteiger partial charge in [0.05, 0.1) is 17.0 Å². The third-order valence-corrected chi connectivity index (χ3v) is 3.20. The number of rotatable bonds is 6. The van der Waals surface area contributed by atoms with E-state index in [4.69, 9.17) is 4.74 Å². The molecule has 0 spiro atoms. The van der Waals surface area contributed by atoms with Gasteiger partial charge in [-0.15, -0.1) is 0 Å². The summed E-state index contributed by atoms with van der Waals surface area (Å²) in [6, 6.07) is 7.79. The maximum atomic E-state index is 13.6. The summed E-state index contributed by atoms with van der Waals surface area (Å²) in [5, 5.41) is 13.2. The van der Waals surface area contributed by atoms with Crippen LogP contribution < -0.4 is 10.1 Å². The van der Waals surface area contributed by atoms with Crippen LogP contribution in [0.5, 0.6) is 5.75 Å². The first-order valence-electron chi connectivity index (χ1n) is 6.98. The largest absolute Gasteiger partial charge is 0.484 e. The molecule has 0 aliphatic heterocycles. The Hall–Kier alpha value is -3.03. The van der Waals surface area contributed by atoms with Crippen LogP contribution in [0.3, 0.4) is 0 Å². The van der Waals surface area contributed by atoms with Crippen LogP contribution in [-0.4, -0.2) is 17.4 Å². The molecule has 0 saturated heterocycles. The number of non-ortho nitro benzene ring substituents is 1. The van der Waals surface area contributed by atoms with Crippen molar-refractivity contribution in [1.29, 1.82) is 0 Å². The molecule has 1 unspecified atom stereocenters. The Balaban J connectivity index is 1.93. The lowest BCUT2D eigenvalue weighted by molar-refractivity contribution is -0.384. The number of carbonyl (C=O) groups is 1. The summed E-state index contributed by atoms with van der Waals surface area (Å²) in [5.74, 6) is -1.84. The van der Waals surface area contributed by atoms with Crippen LogP contribution >= 0.6 is 0 Å². The second-order valence-electron chi connectivity index (χ2n) is 5.00. The van der Waals surface area contributed by atoms with E-state index < -0.39 is 35.1 Å². The Morgan fingerprint density at radius 1 is 1.29 bits per heavy atom. The van der Waals surface area contributed by atoms with E-state index in [9.17, 15) is 23.7 Å². The van der Waals surface area contributed by atoms with E-state index in [1.54, 1.807) is 6.92 Å². The highest BCUT2D eigenvalue weighted by molar-refractivity contribution is 5.78. The van der Waals surface area contributed by atoms with Gasteiger partial charge in [0.25, 0.3) is 11.6 Å². The van der Waals surface area contributed by atoms with E-state index in [0.717, 1.165) is 12.1 Å². The highest BCUT2D eigenvalue weighted by Gasteiger charge is 2.15. The van der Waals surface area contributed by atoms with Crippen molar-refractivity contribution in [1.82, 2.24) is 5.32 Å². The van der Waals surface area contributed by atoms with E-state index in [1.165, 1.54) is 30.3 Å². The number of amides is 1. The number of hydrogen-bond acceptors (Lipinski definition) is 4. The molecule has 2 rings (SSSR count). The Morgan fingerprint density at radius 2 is 2.04 bits per heavy atom. The number of halogens is 2. The second kappa shape index (κ2) is 7.49. The van der Waals surface area contributed by atoms with Gasteiger partial charge in [-0.2, -0.15) is 0 Å². The van der Waals surface area contributed by atoms with Crippen molar-refractivity contribution in [3.8, 4) is 5.75 Å². The minimum Gasteiger partial charge on any atom is -0.484 e. The Labute approximate surface area is 136 Å². The number of carbonyl (C=O) groups excluding carboxylic acids is 1. The fourth-order valence-corrected chi connectivity index (χ4v) is 2.05. The van der Waals surface area contributed by atoms with Gasteiger partial charge in [-0.05, 0) is 19.1 Å². The molecular formula is C16H14F2N2O4. The SMILES string of the molecule is CC(NC(=O)COc1cccc([N+](=O)[O-])c1)c1ccc(F)cc1F. The number of benzene rings is 2. The van der Waals surface area contributed by atoms with Gasteiger partial charge in [-0.3, -0.25) is 14.9 Å². The van der Waals surface area contributed by atoms with Crippen LogP contribution in [0.25, 0.3) is 0 Å². The first-order chi connectivity index (χ1) is 11.4. The molecule has 0 aromatic heterocycles. The summed E-state index contributed by atoms with van der Waals surface area (Å²) >= 11 is 0. The summed E-state index contributed by atoms with van der Waals surface area (Å²) in [6.07, 6.45) is 0. The van der Waals surface area contributed by atoms with Crippen LogP contribution in [0.1, 0.15) is 18.5 Å². The first-order valence-corrected chi connectivity index (χ1v) is 6.98. The van der Waals surface area contributed by atoms with Gasteiger partial charge >= 0.3 is 0 Å². The van der Waals surface area contributed by atoms with Gasteiger partial charge in [-0.1, -0.05) is 12.1 Å². The number of nitrogens with zero attached hydrogens (tertiary/aromatic N) is 1. The molecule has 0 heterocycles. The smallest absolute Gasteiger partial charge is 0.273 e. The summed E-state index contributed by atoms with van der Waals surface area (Å²) < 4.78 is 31.7. The molecule has 0 aliphatic carbocycles. The van der Waals surface area contributed by atoms with Crippen molar-refractivity contribution < 1.29 is 23.2 Å². The minimum atomic E-state index is -0.762. The fraction of sp³-hybridized carbons (Fsp3) is 0.188. The van der Waals surface area contributed by atoms with Crippen molar-refractivity contribution >= 4 is 11.6 Å². The molecule has 0 fully saturated rings. The van der Waals surface area contributed by atoms with Crippen LogP contribution in [0.2, 0.25) is 0 Å². The predicted octanol–water partition coefficient (Wildman–Crippen LogP) is 3.13. The third kappa shape index (κ3) is 4.48. The normalized spacial score (nSPS) is 11.6. The van der Waals surface area contributed by atoms with Crippen LogP contribution in [0, 0.1) is 21.7 Å². The molecule has 2 aromatic carbocycles. The predicted molar refractivity (Wildman–Crippen MR) is 81.5 cm³/mol. The van der Waals surface area contributed by atoms with Gasteiger partial charge in [0.1, 0.15) is 17.4 Å². The molecule has 2 aromatic rings. The summed E-state index contributed by atoms with van der Waals surface area (Å²) in [4.78, 5) is 21.9. The molecule has 1 amide bonds. The summed E-state index contributed by atoms with van der Waals surface area (Å²) in [6.45, 7) is 1.15. The molecule has 1 atom stereocenters. The van der Waals surface area contributed by atoms with Crippen molar-refractivity contribution in [3.05, 3.63) is 69.8 Å². The highest BCUT2D eigenvalue weighted by atomic mass is 19.1. The number of nitro groups is 1. The Bertz CT molecular complexity index is 767. The van der Waals surface area contributed by atoms with Crippen molar-refractivity contribution in [3.63, 3.8) is 0 Å². The molecule has 24 heavy (non-hydrogen) atoms. The summed E-state index contributed by atoms with van der Waals surface area (Å²) in [5.41, 5.74) is -0.0187. The van der Waals surface area contributed by atoms with Crippen molar-refractivity contribution in [2.24, 2.45) is 0 Å². The van der Waals surface area contributed by atoms with Crippen molar-refractivity contribution in [2.75, 3.05) is 6.61 Å². The lowest BCUT2D eigenvalue weighted by Crippen LogP contribution is -2.31. The lowest BCUT2D eigenvalue weighted by Gasteiger charge is -2.15. The second-order valence-corrected chi connectivity index (χ2v) is 5.00. The standard InChI is InChI=1S/C16H14F2N2O4/c1-10(14-6-5-11(17)7-15(14)18)19-16(21)9-24-13-4-2-3-12(8-13)20(22)23/h2-8,10H,9H2,1H3,(H,19,21). The zero-order chi connectivity index (χ0) is 17.7. The lowest BCUT2D eigenvalue weighted by atomic mass is 10.1. The van der Waals surface area contributed by atoms with E-state index in [2.05, 4.69) is 5.32 Å². The number of nitrogens with one attached hydrogen (secondary N) is 1. The van der Waals surface area contributed by atoms with Crippen molar-refractivity contribution in [2.45, 2.75) is 13.0 Å². The van der Waals surface area contributed by atoms with Crippen LogP contribution in [-0.2, 0) is 4.79 Å². The third-order valence-electron chi connectivity index (χ3n) is 3.20. The van der Waals surface area contributed by atoms with Gasteiger partial charge < -0.3 is 10.1 Å². The molecule has 6 nitrogen and oxygen atoms in total. The van der Waals surface area contributed by atoms with Crippen LogP contribution in [0.4, 0.5) is 14.5 Å². The topological polar surface area (TPSA) is 81.5 Å². The molecule has 1 N–H and O–H groups in total. The maximum Gasteiger partial charge on any atom is 0.273 e. The number of nitro benzene ring substituents is 1. The Morgan fingerprint density at radius 3 is 2.71 bits per heavy atom. The summed E-state index contributed by atoms with van der Waals surface area (Å²) in [7, 11) is 0. The zero-order valence-corrected chi connectivity index (χ0v) is 12.7. The zero-order valence-electron chi connectivity index (χ0n) is 12.7. The van der Waals surface area contributed by atoms with Crippen LogP contribution in [0.15, 0.2) is 42.5 Å². The molecule has 126 valence electrons. The number of hydrogen-bond donors (Lipinski definition) is 1. The van der Waals surface area contributed by atoms with Gasteiger partial charge in [0.15, 0.2) is 6.61 Å². The van der Waals surface area contributed by atoms with E-state index >= 15 is 0 Å². The molecule has 8 heteroatoms. The average molecular weight is 336 g/mol. The maximum absolute atomic E-state index is 13.6. The minimum absolute atomic E-state index is 0.139. The molecule has 0 saturated carbocycles. The fourth-order valence-electron chi connectivity index (χ4n) is 2.05. The quantitative estimate of drug-likeness (QED) is 0.649. The average Bonchev–Trinajstić information content (AvgIpc) is 2.53. The van der Waals surface area contributed by atoms with Gasteiger partial charge in [-0.25, -0.2) is 8.78 Å². The highest BCUT2D eigenvalue weighted by Crippen LogP contribution is 2.20. The van der Waals surface area contributed by atoms with Gasteiger partial charge in [0.2, 0.25) is 0 Å². The molecule has 0 bridgehead atoms. The monoisotopic (exact) mass is 336 g/mol. The molecular weight excluding hydrogens is 322 g/mol. The first kappa shape index (κ1) is 17.3.